The van der Waals surface area contributed by atoms with Crippen molar-refractivity contribution in [3.8, 4) is 5.69 Å². The van der Waals surface area contributed by atoms with E-state index in [1.165, 1.54) is 13.3 Å². The zero-order chi connectivity index (χ0) is 20.4. The molecule has 2 aromatic carbocycles. The number of fused-ring (bicyclic) bond motifs is 1. The summed E-state index contributed by atoms with van der Waals surface area (Å²) in [6, 6.07) is 12.5. The molecule has 1 aliphatic heterocycles. The van der Waals surface area contributed by atoms with Crippen LogP contribution in [0.3, 0.4) is 0 Å². The summed E-state index contributed by atoms with van der Waals surface area (Å²) >= 11 is 6.13. The molecule has 1 aromatic heterocycles. The van der Waals surface area contributed by atoms with E-state index >= 15 is 0 Å². The number of carbonyl (C=O) groups excluding carboxylic acids is 2. The van der Waals surface area contributed by atoms with E-state index < -0.39 is 0 Å². The molecule has 0 saturated heterocycles. The predicted octanol–water partition coefficient (Wildman–Crippen LogP) is 3.82. The number of aromatic nitrogens is 3. The zero-order valence-electron chi connectivity index (χ0n) is 15.6. The quantitative estimate of drug-likeness (QED) is 0.712. The summed E-state index contributed by atoms with van der Waals surface area (Å²) in [7, 11) is 0. The first-order valence-corrected chi connectivity index (χ1v) is 9.41. The minimum absolute atomic E-state index is 0.101. The molecule has 4 rings (SSSR count). The zero-order valence-corrected chi connectivity index (χ0v) is 16.4. The van der Waals surface area contributed by atoms with Crippen molar-refractivity contribution >= 4 is 35.2 Å². The summed E-state index contributed by atoms with van der Waals surface area (Å²) in [5.74, 6) is -0.366. The Kier molecular flexibility index (Phi) is 5.14. The second kappa shape index (κ2) is 7.89. The fraction of sp³-hybridized carbons (Fsp3) is 0.143. The molecule has 1 atom stereocenters. The van der Waals surface area contributed by atoms with Crippen LogP contribution < -0.4 is 5.32 Å². The molecule has 7 nitrogen and oxygen atoms in total. The van der Waals surface area contributed by atoms with Crippen LogP contribution in [0.2, 0.25) is 5.02 Å². The third kappa shape index (κ3) is 3.90. The van der Waals surface area contributed by atoms with Crippen molar-refractivity contribution in [2.75, 3.05) is 5.32 Å². The van der Waals surface area contributed by atoms with Crippen molar-refractivity contribution < 1.29 is 9.59 Å². The van der Waals surface area contributed by atoms with Gasteiger partial charge in [-0.15, -0.1) is 0 Å². The summed E-state index contributed by atoms with van der Waals surface area (Å²) in [6.45, 7) is 1.49. The number of anilines is 1. The average Bonchev–Trinajstić information content (AvgIpc) is 3.22. The number of hydrogen-bond acceptors (Lipinski definition) is 4. The van der Waals surface area contributed by atoms with Crippen LogP contribution in [0.1, 0.15) is 30.5 Å². The van der Waals surface area contributed by atoms with Gasteiger partial charge in [-0.2, -0.15) is 5.10 Å². The molecule has 0 bridgehead atoms. The maximum Gasteiger partial charge on any atom is 0.226 e. The highest BCUT2D eigenvalue weighted by atomic mass is 35.5. The van der Waals surface area contributed by atoms with Crippen molar-refractivity contribution in [2.24, 2.45) is 0 Å². The monoisotopic (exact) mass is 407 g/mol. The maximum atomic E-state index is 12.9. The molecule has 29 heavy (non-hydrogen) atoms. The van der Waals surface area contributed by atoms with E-state index in [0.717, 1.165) is 11.1 Å². The first kappa shape index (κ1) is 18.9. The van der Waals surface area contributed by atoms with Crippen molar-refractivity contribution in [2.45, 2.75) is 19.4 Å². The fourth-order valence-corrected chi connectivity index (χ4v) is 3.60. The summed E-state index contributed by atoms with van der Waals surface area (Å²) in [6.07, 6.45) is 6.66. The Morgan fingerprint density at radius 2 is 2.03 bits per heavy atom. The van der Waals surface area contributed by atoms with Gasteiger partial charge in [0.2, 0.25) is 11.8 Å². The van der Waals surface area contributed by atoms with E-state index in [-0.39, 0.29) is 24.3 Å². The summed E-state index contributed by atoms with van der Waals surface area (Å²) in [4.78, 5) is 30.6. The third-order valence-corrected chi connectivity index (χ3v) is 4.98. The van der Waals surface area contributed by atoms with Gasteiger partial charge >= 0.3 is 0 Å². The van der Waals surface area contributed by atoms with E-state index in [1.807, 2.05) is 30.3 Å². The molecular weight excluding hydrogens is 390 g/mol. The number of carbonyl (C=O) groups is 2. The van der Waals surface area contributed by atoms with E-state index in [9.17, 15) is 9.59 Å². The number of nitrogens with one attached hydrogen (secondary N) is 1. The van der Waals surface area contributed by atoms with Gasteiger partial charge in [-0.3, -0.25) is 9.59 Å². The van der Waals surface area contributed by atoms with E-state index in [0.29, 0.717) is 16.4 Å². The smallest absolute Gasteiger partial charge is 0.226 e. The van der Waals surface area contributed by atoms with Gasteiger partial charge in [-0.05, 0) is 35.4 Å². The van der Waals surface area contributed by atoms with Crippen molar-refractivity contribution in [1.29, 1.82) is 0 Å². The van der Waals surface area contributed by atoms with Crippen LogP contribution >= 0.6 is 11.6 Å². The first-order chi connectivity index (χ1) is 14.0. The molecule has 0 radical (unpaired) electrons. The van der Waals surface area contributed by atoms with E-state index in [2.05, 4.69) is 15.4 Å². The van der Waals surface area contributed by atoms with Crippen molar-refractivity contribution in [1.82, 2.24) is 19.7 Å². The molecule has 0 spiro atoms. The summed E-state index contributed by atoms with van der Waals surface area (Å²) in [5, 5.41) is 7.50. The molecular formula is C21H18ClN5O2. The largest absolute Gasteiger partial charge is 0.324 e. The molecule has 1 aliphatic rings. The highest BCUT2D eigenvalue weighted by molar-refractivity contribution is 6.31. The Morgan fingerprint density at radius 1 is 1.21 bits per heavy atom. The third-order valence-electron chi connectivity index (χ3n) is 4.75. The molecule has 0 aliphatic carbocycles. The van der Waals surface area contributed by atoms with Crippen LogP contribution in [0.15, 0.2) is 61.3 Å². The molecule has 2 heterocycles. The molecule has 2 amide bonds. The number of halogens is 1. The lowest BCUT2D eigenvalue weighted by molar-refractivity contribution is -0.129. The van der Waals surface area contributed by atoms with Crippen LogP contribution in [0.25, 0.3) is 11.8 Å². The molecule has 146 valence electrons. The number of benzene rings is 2. The van der Waals surface area contributed by atoms with Gasteiger partial charge in [-0.25, -0.2) is 9.67 Å². The fourth-order valence-electron chi connectivity index (χ4n) is 3.43. The van der Waals surface area contributed by atoms with Crippen molar-refractivity contribution in [3.05, 3.63) is 77.5 Å². The van der Waals surface area contributed by atoms with Gasteiger partial charge in [0.1, 0.15) is 12.7 Å². The van der Waals surface area contributed by atoms with Gasteiger partial charge < -0.3 is 10.2 Å². The van der Waals surface area contributed by atoms with Crippen LogP contribution in [-0.2, 0) is 9.59 Å². The van der Waals surface area contributed by atoms with Gasteiger partial charge in [0.15, 0.2) is 0 Å². The van der Waals surface area contributed by atoms with Crippen molar-refractivity contribution in [3.63, 3.8) is 0 Å². The number of nitrogens with zero attached hydrogens (tertiary/aromatic N) is 4. The van der Waals surface area contributed by atoms with E-state index in [4.69, 9.17) is 11.6 Å². The van der Waals surface area contributed by atoms with Gasteiger partial charge in [0.05, 0.1) is 23.8 Å². The lowest BCUT2D eigenvalue weighted by Crippen LogP contribution is -2.33. The second-order valence-electron chi connectivity index (χ2n) is 6.64. The number of amides is 2. The van der Waals surface area contributed by atoms with Gasteiger partial charge in [-0.1, -0.05) is 35.9 Å². The highest BCUT2D eigenvalue weighted by Crippen LogP contribution is 2.33. The van der Waals surface area contributed by atoms with Crippen LogP contribution in [0, 0.1) is 0 Å². The molecule has 0 fully saturated rings. The van der Waals surface area contributed by atoms with E-state index in [1.54, 1.807) is 40.3 Å². The van der Waals surface area contributed by atoms with Gasteiger partial charge in [0, 0.05) is 18.1 Å². The Morgan fingerprint density at radius 3 is 2.79 bits per heavy atom. The lowest BCUT2D eigenvalue weighted by atomic mass is 9.93. The van der Waals surface area contributed by atoms with Crippen LogP contribution in [0.5, 0.6) is 0 Å². The topological polar surface area (TPSA) is 80.1 Å². The summed E-state index contributed by atoms with van der Waals surface area (Å²) in [5.41, 5.74) is 3.09. The summed E-state index contributed by atoms with van der Waals surface area (Å²) < 4.78 is 1.55. The van der Waals surface area contributed by atoms with Crippen LogP contribution in [0.4, 0.5) is 5.69 Å². The standard InChI is InChI=1S/C21H18ClN5O2/c1-14(28)26-9-8-15-4-2-3-5-17(15)20(26)11-21(29)25-18-10-16(22)6-7-19(18)27-13-23-12-24-27/h2-10,12-13,20H,11H2,1H3,(H,25,29)/t20-/m1/s1. The van der Waals surface area contributed by atoms with Crippen LogP contribution in [-0.4, -0.2) is 31.5 Å². The molecule has 8 heteroatoms. The van der Waals surface area contributed by atoms with Gasteiger partial charge in [0.25, 0.3) is 0 Å². The molecule has 0 unspecified atom stereocenters. The SMILES string of the molecule is CC(=O)N1C=Cc2ccccc2[C@H]1CC(=O)Nc1cc(Cl)ccc1-n1cncn1. The first-order valence-electron chi connectivity index (χ1n) is 9.03. The average molecular weight is 408 g/mol. The molecule has 3 aromatic rings. The normalized spacial score (nSPS) is 15.1. The number of rotatable bonds is 4. The molecule has 1 N–H and O–H groups in total. The Balaban J connectivity index is 1.61. The highest BCUT2D eigenvalue weighted by Gasteiger charge is 2.28. The minimum Gasteiger partial charge on any atom is -0.324 e. The lowest BCUT2D eigenvalue weighted by Gasteiger charge is -2.32. The minimum atomic E-state index is -0.386. The maximum absolute atomic E-state index is 12.9. The predicted molar refractivity (Wildman–Crippen MR) is 110 cm³/mol. The number of hydrogen-bond donors (Lipinski definition) is 1. The Bertz CT molecular complexity index is 1090. The Hall–Kier alpha value is -3.45. The second-order valence-corrected chi connectivity index (χ2v) is 7.08. The molecule has 0 saturated carbocycles. The Labute approximate surface area is 172 Å².